The summed E-state index contributed by atoms with van der Waals surface area (Å²) in [5.41, 5.74) is 6.43. The molecule has 7 heteroatoms. The van der Waals surface area contributed by atoms with E-state index in [0.717, 1.165) is 5.56 Å². The third-order valence-electron chi connectivity index (χ3n) is 2.51. The third-order valence-corrected chi connectivity index (χ3v) is 4.50. The third kappa shape index (κ3) is 4.02. The second kappa shape index (κ2) is 6.10. The van der Waals surface area contributed by atoms with E-state index in [-0.39, 0.29) is 0 Å². The summed E-state index contributed by atoms with van der Waals surface area (Å²) in [6.45, 7) is 3.57. The largest absolute Gasteiger partial charge is 0.480 e. The van der Waals surface area contributed by atoms with Crippen molar-refractivity contribution in [2.45, 2.75) is 30.4 Å². The number of carboxylic acid groups (broad SMARTS) is 1. The number of thioether (sulfide) groups is 1. The van der Waals surface area contributed by atoms with Crippen molar-refractivity contribution >= 4 is 40.9 Å². The highest BCUT2D eigenvalue weighted by atomic mass is 35.5. The molecule has 3 N–H and O–H groups in total. The molecule has 4 nitrogen and oxygen atoms in total. The maximum atomic E-state index is 10.9. The lowest BCUT2D eigenvalue weighted by Gasteiger charge is -2.28. The summed E-state index contributed by atoms with van der Waals surface area (Å²) < 4.78 is -0.602. The molecule has 0 radical (unpaired) electrons. The Hall–Kier alpha value is -0.490. The van der Waals surface area contributed by atoms with Crippen molar-refractivity contribution in [2.24, 2.45) is 5.73 Å². The summed E-state index contributed by atoms with van der Waals surface area (Å²) in [5.74, 6) is -0.496. The number of aliphatic carboxylic acids is 1. The first-order valence-electron chi connectivity index (χ1n) is 5.17. The smallest absolute Gasteiger partial charge is 0.321 e. The minimum absolute atomic E-state index is 0.328. The SMILES string of the molecule is CC(C)(SCc1ccc(Cl)nc1Cl)[C@@H](N)C(=O)O. The summed E-state index contributed by atoms with van der Waals surface area (Å²) in [6, 6.07) is 2.47. The highest BCUT2D eigenvalue weighted by Gasteiger charge is 2.32. The molecule has 0 aliphatic heterocycles. The van der Waals surface area contributed by atoms with Gasteiger partial charge in [0.25, 0.3) is 0 Å². The lowest BCUT2D eigenvalue weighted by Crippen LogP contribution is -2.46. The zero-order valence-electron chi connectivity index (χ0n) is 9.98. The van der Waals surface area contributed by atoms with Crippen LogP contribution in [-0.4, -0.2) is 26.8 Å². The van der Waals surface area contributed by atoms with Gasteiger partial charge in [0.1, 0.15) is 16.3 Å². The standard InChI is InChI=1S/C11H14Cl2N2O2S/c1-11(2,8(14)10(16)17)18-5-6-3-4-7(12)15-9(6)13/h3-4,8H,5,14H2,1-2H3,(H,16,17)/t8-/m0/s1. The van der Waals surface area contributed by atoms with Crippen molar-refractivity contribution < 1.29 is 9.90 Å². The lowest BCUT2D eigenvalue weighted by atomic mass is 10.1. The molecule has 0 unspecified atom stereocenters. The average Bonchev–Trinajstić information content (AvgIpc) is 2.26. The Bertz CT molecular complexity index is 455. The van der Waals surface area contributed by atoms with Gasteiger partial charge in [-0.2, -0.15) is 0 Å². The Morgan fingerprint density at radius 3 is 2.67 bits per heavy atom. The van der Waals surface area contributed by atoms with Crippen LogP contribution in [0.1, 0.15) is 19.4 Å². The molecule has 1 aromatic heterocycles. The Labute approximate surface area is 120 Å². The molecule has 0 saturated heterocycles. The van der Waals surface area contributed by atoms with Crippen molar-refractivity contribution in [3.05, 3.63) is 28.0 Å². The molecule has 0 amide bonds. The summed E-state index contributed by atoms with van der Waals surface area (Å²) in [6.07, 6.45) is 0. The molecular formula is C11H14Cl2N2O2S. The van der Waals surface area contributed by atoms with Crippen molar-refractivity contribution in [3.63, 3.8) is 0 Å². The number of rotatable bonds is 5. The van der Waals surface area contributed by atoms with Crippen molar-refractivity contribution in [1.82, 2.24) is 4.98 Å². The van der Waals surface area contributed by atoms with Crippen LogP contribution >= 0.6 is 35.0 Å². The first-order valence-corrected chi connectivity index (χ1v) is 6.91. The summed E-state index contributed by atoms with van der Waals surface area (Å²) >= 11 is 13.1. The van der Waals surface area contributed by atoms with Crippen molar-refractivity contribution in [3.8, 4) is 0 Å². The van der Waals surface area contributed by atoms with Gasteiger partial charge in [-0.05, 0) is 25.5 Å². The topological polar surface area (TPSA) is 76.2 Å². The fourth-order valence-electron chi connectivity index (χ4n) is 1.20. The van der Waals surface area contributed by atoms with Crippen LogP contribution in [0.5, 0.6) is 0 Å². The minimum atomic E-state index is -1.02. The minimum Gasteiger partial charge on any atom is -0.480 e. The average molecular weight is 309 g/mol. The molecule has 0 saturated carbocycles. The summed E-state index contributed by atoms with van der Waals surface area (Å²) in [7, 11) is 0. The monoisotopic (exact) mass is 308 g/mol. The van der Waals surface area contributed by atoms with E-state index in [9.17, 15) is 4.79 Å². The Morgan fingerprint density at radius 1 is 1.56 bits per heavy atom. The van der Waals surface area contributed by atoms with Crippen LogP contribution in [0.2, 0.25) is 10.3 Å². The van der Waals surface area contributed by atoms with E-state index >= 15 is 0 Å². The van der Waals surface area contributed by atoms with E-state index in [1.807, 2.05) is 0 Å². The van der Waals surface area contributed by atoms with E-state index in [1.54, 1.807) is 26.0 Å². The number of aromatic nitrogens is 1. The highest BCUT2D eigenvalue weighted by molar-refractivity contribution is 7.99. The van der Waals surface area contributed by atoms with E-state index in [4.69, 9.17) is 34.0 Å². The van der Waals surface area contributed by atoms with E-state index in [2.05, 4.69) is 4.98 Å². The van der Waals surface area contributed by atoms with E-state index in [1.165, 1.54) is 11.8 Å². The summed E-state index contributed by atoms with van der Waals surface area (Å²) in [5, 5.41) is 9.57. The Balaban J connectivity index is 2.72. The molecule has 0 aliphatic carbocycles. The lowest BCUT2D eigenvalue weighted by molar-refractivity contribution is -0.139. The molecule has 1 rings (SSSR count). The predicted octanol–water partition coefficient (Wildman–Crippen LogP) is 2.81. The maximum Gasteiger partial charge on any atom is 0.321 e. The van der Waals surface area contributed by atoms with Gasteiger partial charge in [-0.15, -0.1) is 11.8 Å². The van der Waals surface area contributed by atoms with Gasteiger partial charge in [-0.1, -0.05) is 29.3 Å². The van der Waals surface area contributed by atoms with Crippen LogP contribution in [0.15, 0.2) is 12.1 Å². The quantitative estimate of drug-likeness (QED) is 0.818. The molecule has 1 aromatic rings. The fourth-order valence-corrected chi connectivity index (χ4v) is 2.73. The second-order valence-corrected chi connectivity index (χ2v) is 6.67. The molecule has 1 atom stereocenters. The first kappa shape index (κ1) is 15.6. The number of carbonyl (C=O) groups is 1. The molecule has 0 aromatic carbocycles. The molecule has 100 valence electrons. The van der Waals surface area contributed by atoms with Crippen LogP contribution in [0.3, 0.4) is 0 Å². The second-order valence-electron chi connectivity index (χ2n) is 4.29. The molecule has 0 bridgehead atoms. The number of halogens is 2. The number of hydrogen-bond donors (Lipinski definition) is 2. The number of pyridine rings is 1. The summed E-state index contributed by atoms with van der Waals surface area (Å²) in [4.78, 5) is 14.8. The number of hydrogen-bond acceptors (Lipinski definition) is 4. The van der Waals surface area contributed by atoms with Crippen molar-refractivity contribution in [1.29, 1.82) is 0 Å². The van der Waals surface area contributed by atoms with Gasteiger partial charge >= 0.3 is 5.97 Å². The van der Waals surface area contributed by atoms with Crippen LogP contribution in [0.4, 0.5) is 0 Å². The zero-order valence-corrected chi connectivity index (χ0v) is 12.3. The Kier molecular flexibility index (Phi) is 5.28. The molecule has 0 spiro atoms. The maximum absolute atomic E-state index is 10.9. The predicted molar refractivity (Wildman–Crippen MR) is 75.2 cm³/mol. The van der Waals surface area contributed by atoms with Gasteiger partial charge in [-0.3, -0.25) is 4.79 Å². The van der Waals surface area contributed by atoms with E-state index < -0.39 is 16.8 Å². The van der Waals surface area contributed by atoms with Crippen LogP contribution in [0.25, 0.3) is 0 Å². The number of nitrogens with two attached hydrogens (primary N) is 1. The molecule has 0 fully saturated rings. The zero-order chi connectivity index (χ0) is 13.9. The van der Waals surface area contributed by atoms with Crippen LogP contribution in [0, 0.1) is 0 Å². The van der Waals surface area contributed by atoms with Gasteiger partial charge in [0, 0.05) is 10.5 Å². The molecule has 0 aliphatic rings. The molecule has 18 heavy (non-hydrogen) atoms. The first-order chi connectivity index (χ1) is 8.24. The van der Waals surface area contributed by atoms with Crippen LogP contribution in [-0.2, 0) is 10.5 Å². The van der Waals surface area contributed by atoms with Crippen LogP contribution < -0.4 is 5.73 Å². The molecule has 1 heterocycles. The van der Waals surface area contributed by atoms with E-state index in [0.29, 0.717) is 16.1 Å². The molecular weight excluding hydrogens is 295 g/mol. The van der Waals surface area contributed by atoms with Crippen molar-refractivity contribution in [2.75, 3.05) is 0 Å². The number of carboxylic acids is 1. The number of nitrogens with zero attached hydrogens (tertiary/aromatic N) is 1. The van der Waals surface area contributed by atoms with Gasteiger partial charge in [-0.25, -0.2) is 4.98 Å². The van der Waals surface area contributed by atoms with Gasteiger partial charge < -0.3 is 10.8 Å². The Morgan fingerprint density at radius 2 is 2.17 bits per heavy atom. The van der Waals surface area contributed by atoms with Gasteiger partial charge in [0.2, 0.25) is 0 Å². The highest BCUT2D eigenvalue weighted by Crippen LogP contribution is 2.32. The fraction of sp³-hybridized carbons (Fsp3) is 0.455. The van der Waals surface area contributed by atoms with Gasteiger partial charge in [0.15, 0.2) is 0 Å². The van der Waals surface area contributed by atoms with Gasteiger partial charge in [0.05, 0.1) is 0 Å². The normalized spacial score (nSPS) is 13.4.